The van der Waals surface area contributed by atoms with Crippen LogP contribution in [0.15, 0.2) is 54.6 Å². The van der Waals surface area contributed by atoms with Crippen LogP contribution >= 0.6 is 0 Å². The summed E-state index contributed by atoms with van der Waals surface area (Å²) in [6, 6.07) is 14.9. The molecule has 114 valence electrons. The van der Waals surface area contributed by atoms with E-state index in [9.17, 15) is 14.7 Å². The highest BCUT2D eigenvalue weighted by Gasteiger charge is 2.20. The number of aliphatic carboxylic acids is 1. The molecule has 0 aromatic heterocycles. The summed E-state index contributed by atoms with van der Waals surface area (Å²) in [5, 5.41) is 14.3. The number of carbonyl (C=O) groups excluding carboxylic acids is 1. The molecule has 2 aromatic rings. The van der Waals surface area contributed by atoms with E-state index in [4.69, 9.17) is 0 Å². The predicted molar refractivity (Wildman–Crippen MR) is 84.9 cm³/mol. The first kappa shape index (κ1) is 15.6. The third kappa shape index (κ3) is 4.63. The van der Waals surface area contributed by atoms with Crippen molar-refractivity contribution < 1.29 is 14.7 Å². The molecule has 0 saturated heterocycles. The largest absolute Gasteiger partial charge is 0.480 e. The van der Waals surface area contributed by atoms with Gasteiger partial charge in [0.2, 0.25) is 0 Å². The van der Waals surface area contributed by atoms with E-state index in [2.05, 4.69) is 10.6 Å². The molecule has 0 aliphatic carbocycles. The van der Waals surface area contributed by atoms with E-state index >= 15 is 0 Å². The molecule has 22 heavy (non-hydrogen) atoms. The molecule has 0 bridgehead atoms. The van der Waals surface area contributed by atoms with Crippen molar-refractivity contribution in [3.05, 3.63) is 65.7 Å². The smallest absolute Gasteiger partial charge is 0.326 e. The van der Waals surface area contributed by atoms with Crippen LogP contribution < -0.4 is 10.6 Å². The Kier molecular flexibility index (Phi) is 5.14. The van der Waals surface area contributed by atoms with Gasteiger partial charge < -0.3 is 15.7 Å². The molecule has 0 fully saturated rings. The lowest BCUT2D eigenvalue weighted by Gasteiger charge is -2.15. The highest BCUT2D eigenvalue weighted by molar-refractivity contribution is 5.92. The fourth-order valence-corrected chi connectivity index (χ4v) is 2.01. The first-order valence-electron chi connectivity index (χ1n) is 6.95. The minimum Gasteiger partial charge on any atom is -0.480 e. The van der Waals surface area contributed by atoms with Gasteiger partial charge in [-0.25, -0.2) is 9.59 Å². The monoisotopic (exact) mass is 298 g/mol. The van der Waals surface area contributed by atoms with Crippen LogP contribution in [-0.2, 0) is 11.2 Å². The quantitative estimate of drug-likeness (QED) is 0.794. The number of rotatable bonds is 5. The number of hydrogen-bond acceptors (Lipinski definition) is 2. The summed E-state index contributed by atoms with van der Waals surface area (Å²) < 4.78 is 0. The molecule has 2 rings (SSSR count). The van der Waals surface area contributed by atoms with Crippen molar-refractivity contribution in [2.75, 3.05) is 5.32 Å². The summed E-state index contributed by atoms with van der Waals surface area (Å²) in [5.41, 5.74) is 2.55. The topological polar surface area (TPSA) is 78.4 Å². The lowest BCUT2D eigenvalue weighted by Crippen LogP contribution is -2.44. The number of hydrogen-bond donors (Lipinski definition) is 3. The summed E-state index contributed by atoms with van der Waals surface area (Å²) in [6.45, 7) is 1.95. The molecule has 3 N–H and O–H groups in total. The standard InChI is InChI=1S/C17H18N2O3/c1-12-7-9-14(10-8-12)18-17(22)19-15(16(20)21)11-13-5-3-2-4-6-13/h2-10,15H,11H2,1H3,(H,20,21)(H2,18,19,22)/t15-/m1/s1. The summed E-state index contributed by atoms with van der Waals surface area (Å²) in [5.74, 6) is -1.07. The van der Waals surface area contributed by atoms with Crippen LogP contribution in [0.5, 0.6) is 0 Å². The van der Waals surface area contributed by atoms with Gasteiger partial charge in [-0.3, -0.25) is 0 Å². The van der Waals surface area contributed by atoms with E-state index in [0.29, 0.717) is 5.69 Å². The predicted octanol–water partition coefficient (Wildman–Crippen LogP) is 2.81. The number of nitrogens with one attached hydrogen (secondary N) is 2. The SMILES string of the molecule is Cc1ccc(NC(=O)N[C@H](Cc2ccccc2)C(=O)O)cc1. The van der Waals surface area contributed by atoms with Gasteiger partial charge in [0.25, 0.3) is 0 Å². The Morgan fingerprint density at radius 2 is 1.68 bits per heavy atom. The lowest BCUT2D eigenvalue weighted by molar-refractivity contribution is -0.139. The van der Waals surface area contributed by atoms with Crippen molar-refractivity contribution >= 4 is 17.7 Å². The molecule has 5 nitrogen and oxygen atoms in total. The summed E-state index contributed by atoms with van der Waals surface area (Å²) in [7, 11) is 0. The van der Waals surface area contributed by atoms with Gasteiger partial charge >= 0.3 is 12.0 Å². The zero-order valence-electron chi connectivity index (χ0n) is 12.2. The average molecular weight is 298 g/mol. The Balaban J connectivity index is 1.97. The Hall–Kier alpha value is -2.82. The number of anilines is 1. The van der Waals surface area contributed by atoms with Crippen LogP contribution in [0.25, 0.3) is 0 Å². The molecule has 0 aliphatic heterocycles. The molecule has 0 aliphatic rings. The maximum Gasteiger partial charge on any atom is 0.326 e. The third-order valence-corrected chi connectivity index (χ3v) is 3.20. The second-order valence-corrected chi connectivity index (χ2v) is 5.05. The second kappa shape index (κ2) is 7.26. The second-order valence-electron chi connectivity index (χ2n) is 5.05. The van der Waals surface area contributed by atoms with Gasteiger partial charge in [-0.05, 0) is 24.6 Å². The highest BCUT2D eigenvalue weighted by atomic mass is 16.4. The fraction of sp³-hybridized carbons (Fsp3) is 0.176. The van der Waals surface area contributed by atoms with Crippen molar-refractivity contribution in [1.29, 1.82) is 0 Å². The first-order chi connectivity index (χ1) is 10.5. The number of carbonyl (C=O) groups is 2. The molecule has 5 heteroatoms. The van der Waals surface area contributed by atoms with Crippen molar-refractivity contribution in [3.63, 3.8) is 0 Å². The zero-order chi connectivity index (χ0) is 15.9. The summed E-state index contributed by atoms with van der Waals surface area (Å²) >= 11 is 0. The van der Waals surface area contributed by atoms with E-state index in [1.807, 2.05) is 49.4 Å². The maximum atomic E-state index is 11.9. The molecule has 0 spiro atoms. The number of benzene rings is 2. The van der Waals surface area contributed by atoms with Gasteiger partial charge in [-0.15, -0.1) is 0 Å². The lowest BCUT2D eigenvalue weighted by atomic mass is 10.1. The maximum absolute atomic E-state index is 11.9. The zero-order valence-corrected chi connectivity index (χ0v) is 12.2. The number of aryl methyl sites for hydroxylation is 1. The van der Waals surface area contributed by atoms with Crippen LogP contribution in [0.1, 0.15) is 11.1 Å². The summed E-state index contributed by atoms with van der Waals surface area (Å²) in [4.78, 5) is 23.2. The Labute approximate surface area is 129 Å². The van der Waals surface area contributed by atoms with Gasteiger partial charge in [-0.2, -0.15) is 0 Å². The average Bonchev–Trinajstić information content (AvgIpc) is 2.50. The van der Waals surface area contributed by atoms with E-state index in [1.54, 1.807) is 12.1 Å². The Morgan fingerprint density at radius 3 is 2.27 bits per heavy atom. The molecule has 1 atom stereocenters. The molecule has 0 unspecified atom stereocenters. The number of amides is 2. The van der Waals surface area contributed by atoms with E-state index in [-0.39, 0.29) is 6.42 Å². The number of carboxylic acids is 1. The van der Waals surface area contributed by atoms with Crippen molar-refractivity contribution in [3.8, 4) is 0 Å². The Morgan fingerprint density at radius 1 is 1.05 bits per heavy atom. The van der Waals surface area contributed by atoms with E-state index in [0.717, 1.165) is 11.1 Å². The van der Waals surface area contributed by atoms with Gasteiger partial charge in [0.05, 0.1) is 0 Å². The van der Waals surface area contributed by atoms with E-state index in [1.165, 1.54) is 0 Å². The van der Waals surface area contributed by atoms with Crippen molar-refractivity contribution in [2.24, 2.45) is 0 Å². The molecule has 0 heterocycles. The molecular formula is C17H18N2O3. The van der Waals surface area contributed by atoms with Crippen LogP contribution in [-0.4, -0.2) is 23.1 Å². The first-order valence-corrected chi connectivity index (χ1v) is 6.95. The van der Waals surface area contributed by atoms with Crippen LogP contribution in [0.4, 0.5) is 10.5 Å². The van der Waals surface area contributed by atoms with Gasteiger partial charge in [-0.1, -0.05) is 48.0 Å². The fourth-order valence-electron chi connectivity index (χ4n) is 2.01. The normalized spacial score (nSPS) is 11.5. The molecule has 0 radical (unpaired) electrons. The molecule has 2 amide bonds. The number of carboxylic acid groups (broad SMARTS) is 1. The van der Waals surface area contributed by atoms with Crippen molar-refractivity contribution in [1.82, 2.24) is 5.32 Å². The van der Waals surface area contributed by atoms with Crippen LogP contribution in [0, 0.1) is 6.92 Å². The van der Waals surface area contributed by atoms with Crippen LogP contribution in [0.3, 0.4) is 0 Å². The minimum atomic E-state index is -1.07. The van der Waals surface area contributed by atoms with Crippen molar-refractivity contribution in [2.45, 2.75) is 19.4 Å². The molecule has 2 aromatic carbocycles. The molecular weight excluding hydrogens is 280 g/mol. The summed E-state index contributed by atoms with van der Waals surface area (Å²) in [6.07, 6.45) is 0.234. The number of urea groups is 1. The minimum absolute atomic E-state index is 0.234. The third-order valence-electron chi connectivity index (χ3n) is 3.20. The highest BCUT2D eigenvalue weighted by Crippen LogP contribution is 2.09. The van der Waals surface area contributed by atoms with Crippen LogP contribution in [0.2, 0.25) is 0 Å². The Bertz CT molecular complexity index is 639. The van der Waals surface area contributed by atoms with Gasteiger partial charge in [0, 0.05) is 12.1 Å². The van der Waals surface area contributed by atoms with Gasteiger partial charge in [0.1, 0.15) is 6.04 Å². The molecule has 0 saturated carbocycles. The van der Waals surface area contributed by atoms with E-state index < -0.39 is 18.0 Å². The van der Waals surface area contributed by atoms with Gasteiger partial charge in [0.15, 0.2) is 0 Å².